The van der Waals surface area contributed by atoms with E-state index in [9.17, 15) is 4.79 Å². The molecule has 0 radical (unpaired) electrons. The van der Waals surface area contributed by atoms with Crippen molar-refractivity contribution in [2.45, 2.75) is 6.10 Å². The Bertz CT molecular complexity index is 1120. The summed E-state index contributed by atoms with van der Waals surface area (Å²) in [6, 6.07) is 13.2. The summed E-state index contributed by atoms with van der Waals surface area (Å²) in [7, 11) is 3.52. The topological polar surface area (TPSA) is 84.3 Å². The van der Waals surface area contributed by atoms with Crippen LogP contribution >= 0.6 is 12.2 Å². The third-order valence-electron chi connectivity index (χ3n) is 5.20. The summed E-state index contributed by atoms with van der Waals surface area (Å²) in [5.74, 6) is 0.630. The fraction of sp³-hybridized carbons (Fsp3) is 0.273. The van der Waals surface area contributed by atoms with E-state index in [2.05, 4.69) is 20.5 Å². The molecule has 8 nitrogen and oxygen atoms in total. The number of anilines is 2. The Kier molecular flexibility index (Phi) is 6.24. The first kappa shape index (κ1) is 21.0. The van der Waals surface area contributed by atoms with Gasteiger partial charge in [-0.25, -0.2) is 4.98 Å². The first-order valence-corrected chi connectivity index (χ1v) is 10.4. The van der Waals surface area contributed by atoms with E-state index >= 15 is 0 Å². The highest BCUT2D eigenvalue weighted by Crippen LogP contribution is 2.27. The van der Waals surface area contributed by atoms with Crippen LogP contribution in [0.5, 0.6) is 0 Å². The van der Waals surface area contributed by atoms with Crippen molar-refractivity contribution < 1.29 is 4.74 Å². The Hall–Kier alpha value is -3.30. The van der Waals surface area contributed by atoms with Gasteiger partial charge in [0.1, 0.15) is 6.10 Å². The first-order valence-electron chi connectivity index (χ1n) is 9.99. The Morgan fingerprint density at radius 1 is 1.19 bits per heavy atom. The van der Waals surface area contributed by atoms with Gasteiger partial charge in [-0.05, 0) is 42.0 Å². The number of hydrogen-bond donors (Lipinski definition) is 2. The van der Waals surface area contributed by atoms with Crippen molar-refractivity contribution >= 4 is 29.0 Å². The van der Waals surface area contributed by atoms with Crippen molar-refractivity contribution in [1.29, 1.82) is 0 Å². The van der Waals surface area contributed by atoms with Crippen LogP contribution in [0.2, 0.25) is 0 Å². The Morgan fingerprint density at radius 2 is 1.94 bits per heavy atom. The molecule has 1 saturated heterocycles. The maximum atomic E-state index is 12.6. The van der Waals surface area contributed by atoms with E-state index in [0.29, 0.717) is 36.5 Å². The van der Waals surface area contributed by atoms with Crippen LogP contribution in [-0.2, 0) is 11.8 Å². The molecule has 1 fully saturated rings. The molecule has 2 aromatic heterocycles. The molecule has 9 heteroatoms. The number of pyridine rings is 1. The summed E-state index contributed by atoms with van der Waals surface area (Å²) < 4.78 is 7.60. The third-order valence-corrected chi connectivity index (χ3v) is 5.51. The third kappa shape index (κ3) is 4.73. The Morgan fingerprint density at radius 3 is 2.65 bits per heavy atom. The van der Waals surface area contributed by atoms with Crippen molar-refractivity contribution in [3.05, 3.63) is 70.8 Å². The van der Waals surface area contributed by atoms with Crippen LogP contribution in [0.15, 0.2) is 59.7 Å². The maximum absolute atomic E-state index is 12.6. The van der Waals surface area contributed by atoms with Gasteiger partial charge in [-0.15, -0.1) is 0 Å². The lowest BCUT2D eigenvalue weighted by atomic mass is 10.1. The van der Waals surface area contributed by atoms with Crippen LogP contribution in [0.3, 0.4) is 0 Å². The molecule has 0 amide bonds. The number of morpholine rings is 1. The monoisotopic (exact) mass is 436 g/mol. The molecule has 0 unspecified atom stereocenters. The van der Waals surface area contributed by atoms with Gasteiger partial charge in [-0.1, -0.05) is 12.1 Å². The molecule has 31 heavy (non-hydrogen) atoms. The number of rotatable bonds is 4. The molecule has 1 aliphatic rings. The fourth-order valence-electron chi connectivity index (χ4n) is 3.49. The Balaban J connectivity index is 1.57. The van der Waals surface area contributed by atoms with Crippen molar-refractivity contribution in [1.82, 2.24) is 19.9 Å². The second kappa shape index (κ2) is 9.23. The van der Waals surface area contributed by atoms with Gasteiger partial charge >= 0.3 is 0 Å². The molecule has 3 heterocycles. The number of benzene rings is 1. The second-order valence-corrected chi connectivity index (χ2v) is 7.61. The van der Waals surface area contributed by atoms with Gasteiger partial charge in [0.15, 0.2) is 5.11 Å². The van der Waals surface area contributed by atoms with Gasteiger partial charge in [0.05, 0.1) is 18.8 Å². The number of ether oxygens (including phenoxy) is 1. The van der Waals surface area contributed by atoms with Crippen LogP contribution in [0, 0.1) is 0 Å². The molecule has 160 valence electrons. The number of thiocarbonyl (C=S) groups is 1. The summed E-state index contributed by atoms with van der Waals surface area (Å²) in [6.45, 7) is 1.80. The SMILES string of the molecule is CNC(=S)Nc1ccc([C@H]2CN(c3nc(-c4ccncc4)cc(=O)n3C)CCO2)cc1. The predicted molar refractivity (Wildman–Crippen MR) is 125 cm³/mol. The summed E-state index contributed by atoms with van der Waals surface area (Å²) in [5, 5.41) is 6.56. The highest BCUT2D eigenvalue weighted by molar-refractivity contribution is 7.80. The molecular weight excluding hydrogens is 412 g/mol. The molecular formula is C22H24N6O2S. The van der Waals surface area contributed by atoms with E-state index in [4.69, 9.17) is 21.9 Å². The smallest absolute Gasteiger partial charge is 0.255 e. The quantitative estimate of drug-likeness (QED) is 0.603. The van der Waals surface area contributed by atoms with Crippen LogP contribution in [-0.4, -0.2) is 46.4 Å². The molecule has 0 saturated carbocycles. The average Bonchev–Trinajstić information content (AvgIpc) is 2.82. The van der Waals surface area contributed by atoms with Gasteiger partial charge in [0, 0.05) is 50.4 Å². The molecule has 0 spiro atoms. The van der Waals surface area contributed by atoms with Crippen molar-refractivity contribution in [2.75, 3.05) is 37.0 Å². The van der Waals surface area contributed by atoms with E-state index in [1.54, 1.807) is 37.1 Å². The molecule has 0 bridgehead atoms. The summed E-state index contributed by atoms with van der Waals surface area (Å²) >= 11 is 5.14. The Labute approximate surface area is 185 Å². The zero-order valence-corrected chi connectivity index (χ0v) is 18.2. The first-order chi connectivity index (χ1) is 15.0. The largest absolute Gasteiger partial charge is 0.370 e. The molecule has 1 aromatic carbocycles. The lowest BCUT2D eigenvalue weighted by Gasteiger charge is -2.34. The summed E-state index contributed by atoms with van der Waals surface area (Å²) in [4.78, 5) is 23.5. The minimum atomic E-state index is -0.125. The van der Waals surface area contributed by atoms with E-state index < -0.39 is 0 Å². The molecule has 0 aliphatic carbocycles. The van der Waals surface area contributed by atoms with Crippen molar-refractivity contribution in [3.63, 3.8) is 0 Å². The molecule has 4 rings (SSSR count). The van der Waals surface area contributed by atoms with Gasteiger partial charge in [-0.3, -0.25) is 14.3 Å². The van der Waals surface area contributed by atoms with E-state index in [-0.39, 0.29) is 11.7 Å². The van der Waals surface area contributed by atoms with E-state index in [0.717, 1.165) is 16.8 Å². The average molecular weight is 437 g/mol. The van der Waals surface area contributed by atoms with Gasteiger partial charge < -0.3 is 20.3 Å². The highest BCUT2D eigenvalue weighted by Gasteiger charge is 2.25. The number of hydrogen-bond acceptors (Lipinski definition) is 6. The van der Waals surface area contributed by atoms with Gasteiger partial charge in [-0.2, -0.15) is 0 Å². The number of nitrogens with one attached hydrogen (secondary N) is 2. The van der Waals surface area contributed by atoms with Crippen LogP contribution < -0.4 is 21.1 Å². The van der Waals surface area contributed by atoms with Gasteiger partial charge in [0.25, 0.3) is 5.56 Å². The maximum Gasteiger partial charge on any atom is 0.255 e. The molecule has 3 aromatic rings. The standard InChI is InChI=1S/C22H24N6O2S/c1-23-21(31)25-17-5-3-16(4-6-17)19-14-28(11-12-30-19)22-26-18(13-20(29)27(22)2)15-7-9-24-10-8-15/h3-10,13,19H,11-12,14H2,1-2H3,(H2,23,25,31)/t19-/m1/s1. The predicted octanol–water partition coefficient (Wildman–Crippen LogP) is 2.34. The van der Waals surface area contributed by atoms with Crippen LogP contribution in [0.1, 0.15) is 11.7 Å². The van der Waals surface area contributed by atoms with Crippen molar-refractivity contribution in [2.24, 2.45) is 7.05 Å². The minimum absolute atomic E-state index is 0.101. The zero-order valence-electron chi connectivity index (χ0n) is 17.4. The van der Waals surface area contributed by atoms with E-state index in [1.807, 2.05) is 36.4 Å². The lowest BCUT2D eigenvalue weighted by molar-refractivity contribution is 0.0390. The summed E-state index contributed by atoms with van der Waals surface area (Å²) in [5.41, 5.74) is 3.36. The number of aromatic nitrogens is 3. The molecule has 1 atom stereocenters. The normalized spacial score (nSPS) is 16.1. The van der Waals surface area contributed by atoms with Crippen LogP contribution in [0.4, 0.5) is 11.6 Å². The van der Waals surface area contributed by atoms with E-state index in [1.165, 1.54) is 0 Å². The van der Waals surface area contributed by atoms with Crippen LogP contribution in [0.25, 0.3) is 11.3 Å². The van der Waals surface area contributed by atoms with Crippen molar-refractivity contribution in [3.8, 4) is 11.3 Å². The van der Waals surface area contributed by atoms with Gasteiger partial charge in [0.2, 0.25) is 5.95 Å². The second-order valence-electron chi connectivity index (χ2n) is 7.21. The fourth-order valence-corrected chi connectivity index (χ4v) is 3.61. The lowest BCUT2D eigenvalue weighted by Crippen LogP contribution is -2.41. The minimum Gasteiger partial charge on any atom is -0.370 e. The summed E-state index contributed by atoms with van der Waals surface area (Å²) in [6.07, 6.45) is 3.27. The zero-order chi connectivity index (χ0) is 21.8. The highest BCUT2D eigenvalue weighted by atomic mass is 32.1. The number of nitrogens with zero attached hydrogens (tertiary/aromatic N) is 4. The molecule has 2 N–H and O–H groups in total. The molecule has 1 aliphatic heterocycles.